The number of rotatable bonds is 14. The summed E-state index contributed by atoms with van der Waals surface area (Å²) in [6.07, 6.45) is 0. The Balaban J connectivity index is 1.79. The van der Waals surface area contributed by atoms with Gasteiger partial charge < -0.3 is 24.3 Å². The summed E-state index contributed by atoms with van der Waals surface area (Å²) in [6, 6.07) is 12.7. The normalized spacial score (nSPS) is 14.9. The van der Waals surface area contributed by atoms with Gasteiger partial charge in [-0.05, 0) is 69.9 Å². The molecule has 2 heterocycles. The highest BCUT2D eigenvalue weighted by molar-refractivity contribution is 7.52. The quantitative estimate of drug-likeness (QED) is 0.101. The molecule has 0 unspecified atom stereocenters. The maximum absolute atomic E-state index is 14.7. The van der Waals surface area contributed by atoms with Gasteiger partial charge in [-0.3, -0.25) is 9.32 Å². The standard InChI is InChI=1S/C33H45ClN5O6P/c1-9-42-19-27-37-29-30(24-12-10-11-13-25(24)36-31(29)35)39(27)26(20(2)3)18-43-46(41,45-23-16-14-22(34)15-17-23)38-28(21(4)5)32(40)44-33(6,7)8/h10-17,20-21,26,28H,9,18-19H2,1-8H3,(H2,35,36)(H,38,41)/t26-,28+,46+/m1/s1. The van der Waals surface area contributed by atoms with E-state index in [4.69, 9.17) is 40.8 Å². The number of esters is 1. The van der Waals surface area contributed by atoms with E-state index in [0.29, 0.717) is 28.8 Å². The van der Waals surface area contributed by atoms with Crippen molar-refractivity contribution in [1.82, 2.24) is 19.6 Å². The third-order valence-corrected chi connectivity index (χ3v) is 9.03. The highest BCUT2D eigenvalue weighted by atomic mass is 35.5. The van der Waals surface area contributed by atoms with Crippen molar-refractivity contribution < 1.29 is 27.9 Å². The fraction of sp³-hybridized carbons (Fsp3) is 0.485. The lowest BCUT2D eigenvalue weighted by molar-refractivity contribution is -0.158. The molecular formula is C33H45ClN5O6P. The van der Waals surface area contributed by atoms with E-state index in [1.807, 2.05) is 63.5 Å². The van der Waals surface area contributed by atoms with Crippen molar-refractivity contribution in [2.45, 2.75) is 79.7 Å². The summed E-state index contributed by atoms with van der Waals surface area (Å²) in [5, 5.41) is 4.25. The molecule has 0 spiro atoms. The zero-order valence-electron chi connectivity index (χ0n) is 27.7. The number of hydrogen-bond acceptors (Lipinski definition) is 9. The number of imidazole rings is 1. The first-order valence-corrected chi connectivity index (χ1v) is 17.4. The minimum Gasteiger partial charge on any atom is -0.459 e. The first-order valence-electron chi connectivity index (χ1n) is 15.5. The molecule has 0 amide bonds. The van der Waals surface area contributed by atoms with Crippen molar-refractivity contribution in [3.8, 4) is 5.75 Å². The molecule has 3 N–H and O–H groups in total. The van der Waals surface area contributed by atoms with E-state index in [1.54, 1.807) is 45.0 Å². The lowest BCUT2D eigenvalue weighted by Gasteiger charge is -2.31. The Labute approximate surface area is 275 Å². The number of nitrogen functional groups attached to an aromatic ring is 1. The Morgan fingerprint density at radius 2 is 1.72 bits per heavy atom. The van der Waals surface area contributed by atoms with Crippen LogP contribution in [0.25, 0.3) is 21.9 Å². The Bertz CT molecular complexity index is 1700. The number of benzene rings is 2. The molecule has 0 aliphatic carbocycles. The van der Waals surface area contributed by atoms with E-state index in [9.17, 15) is 9.36 Å². The van der Waals surface area contributed by atoms with Crippen molar-refractivity contribution in [3.63, 3.8) is 0 Å². The van der Waals surface area contributed by atoms with Crippen molar-refractivity contribution >= 4 is 53.1 Å². The molecule has 0 saturated carbocycles. The summed E-state index contributed by atoms with van der Waals surface area (Å²) in [5.41, 5.74) is 7.70. The molecule has 250 valence electrons. The van der Waals surface area contributed by atoms with E-state index in [-0.39, 0.29) is 30.8 Å². The average molecular weight is 674 g/mol. The number of ether oxygens (including phenoxy) is 2. The van der Waals surface area contributed by atoms with Gasteiger partial charge in [-0.15, -0.1) is 0 Å². The molecule has 0 fully saturated rings. The van der Waals surface area contributed by atoms with Crippen LogP contribution in [-0.4, -0.2) is 45.4 Å². The van der Waals surface area contributed by atoms with Gasteiger partial charge in [0.05, 0.1) is 23.7 Å². The van der Waals surface area contributed by atoms with Crippen LogP contribution >= 0.6 is 19.3 Å². The number of halogens is 1. The van der Waals surface area contributed by atoms with Crippen LogP contribution in [0.4, 0.5) is 5.82 Å². The van der Waals surface area contributed by atoms with E-state index in [0.717, 1.165) is 16.4 Å². The topological polar surface area (TPSA) is 140 Å². The third kappa shape index (κ3) is 8.57. The molecule has 4 aromatic rings. The number of fused-ring (bicyclic) bond motifs is 3. The summed E-state index contributed by atoms with van der Waals surface area (Å²) in [4.78, 5) is 22.7. The number of nitrogens with two attached hydrogens (primary N) is 1. The lowest BCUT2D eigenvalue weighted by atomic mass is 10.0. The van der Waals surface area contributed by atoms with Crippen LogP contribution in [0.3, 0.4) is 0 Å². The second-order valence-corrected chi connectivity index (χ2v) is 14.9. The molecule has 0 radical (unpaired) electrons. The van der Waals surface area contributed by atoms with Crippen molar-refractivity contribution in [2.75, 3.05) is 18.9 Å². The fourth-order valence-corrected chi connectivity index (χ4v) is 6.79. The molecule has 13 heteroatoms. The summed E-state index contributed by atoms with van der Waals surface area (Å²) < 4.78 is 40.4. The minimum absolute atomic E-state index is 0.0401. The number of carbonyl (C=O) groups excluding carboxylic acids is 1. The second kappa shape index (κ2) is 14.7. The SMILES string of the molecule is CCOCc1nc2c(N)nc3ccccc3c2n1[C@H](CO[P@@](=O)(N[C@H](C(=O)OC(C)(C)C)C(C)C)Oc1ccc(Cl)cc1)C(C)C. The van der Waals surface area contributed by atoms with Gasteiger partial charge in [0, 0.05) is 17.0 Å². The molecule has 0 aliphatic heterocycles. The predicted octanol–water partition coefficient (Wildman–Crippen LogP) is 7.71. The average Bonchev–Trinajstić information content (AvgIpc) is 3.35. The zero-order chi connectivity index (χ0) is 33.8. The molecule has 2 aromatic carbocycles. The first kappa shape index (κ1) is 35.6. The van der Waals surface area contributed by atoms with Crippen LogP contribution in [0.15, 0.2) is 48.5 Å². The number of para-hydroxylation sites is 1. The predicted molar refractivity (Wildman–Crippen MR) is 182 cm³/mol. The van der Waals surface area contributed by atoms with Gasteiger partial charge >= 0.3 is 13.7 Å². The van der Waals surface area contributed by atoms with Gasteiger partial charge in [0.1, 0.15) is 35.3 Å². The summed E-state index contributed by atoms with van der Waals surface area (Å²) in [7, 11) is -4.23. The number of carbonyl (C=O) groups is 1. The molecule has 0 saturated heterocycles. The fourth-order valence-electron chi connectivity index (χ4n) is 4.99. The van der Waals surface area contributed by atoms with Crippen LogP contribution < -0.4 is 15.3 Å². The Morgan fingerprint density at radius 3 is 2.33 bits per heavy atom. The van der Waals surface area contributed by atoms with Crippen LogP contribution in [0.1, 0.15) is 67.3 Å². The zero-order valence-corrected chi connectivity index (χ0v) is 29.4. The van der Waals surface area contributed by atoms with E-state index >= 15 is 0 Å². The molecular weight excluding hydrogens is 629 g/mol. The van der Waals surface area contributed by atoms with Crippen LogP contribution in [0.5, 0.6) is 5.75 Å². The molecule has 2 aromatic heterocycles. The number of nitrogens with one attached hydrogen (secondary N) is 1. The Hall–Kier alpha value is -3.21. The minimum atomic E-state index is -4.23. The van der Waals surface area contributed by atoms with Crippen molar-refractivity contribution in [2.24, 2.45) is 11.8 Å². The molecule has 46 heavy (non-hydrogen) atoms. The molecule has 11 nitrogen and oxygen atoms in total. The smallest absolute Gasteiger partial charge is 0.459 e. The van der Waals surface area contributed by atoms with E-state index in [1.165, 1.54) is 0 Å². The number of pyridine rings is 1. The number of aromatic nitrogens is 3. The van der Waals surface area contributed by atoms with Gasteiger partial charge in [-0.1, -0.05) is 57.5 Å². The monoisotopic (exact) mass is 673 g/mol. The van der Waals surface area contributed by atoms with Gasteiger partial charge in [0.15, 0.2) is 5.82 Å². The summed E-state index contributed by atoms with van der Waals surface area (Å²) in [6.45, 7) is 15.6. The highest BCUT2D eigenvalue weighted by Gasteiger charge is 2.39. The molecule has 4 rings (SSSR count). The maximum Gasteiger partial charge on any atom is 0.459 e. The first-order chi connectivity index (χ1) is 21.6. The van der Waals surface area contributed by atoms with Crippen LogP contribution in [-0.2, 0) is 30.0 Å². The number of nitrogens with zero attached hydrogens (tertiary/aromatic N) is 3. The lowest BCUT2D eigenvalue weighted by Crippen LogP contribution is -2.44. The van der Waals surface area contributed by atoms with Gasteiger partial charge in [0.25, 0.3) is 0 Å². The summed E-state index contributed by atoms with van der Waals surface area (Å²) >= 11 is 6.09. The number of anilines is 1. The maximum atomic E-state index is 14.7. The van der Waals surface area contributed by atoms with Gasteiger partial charge in [-0.2, -0.15) is 5.09 Å². The number of hydrogen-bond donors (Lipinski definition) is 2. The molecule has 3 atom stereocenters. The van der Waals surface area contributed by atoms with Crippen LogP contribution in [0.2, 0.25) is 5.02 Å². The largest absolute Gasteiger partial charge is 0.459 e. The van der Waals surface area contributed by atoms with E-state index < -0.39 is 31.4 Å². The highest BCUT2D eigenvalue weighted by Crippen LogP contribution is 2.47. The van der Waals surface area contributed by atoms with Gasteiger partial charge in [0.2, 0.25) is 0 Å². The van der Waals surface area contributed by atoms with Gasteiger partial charge in [-0.25, -0.2) is 14.5 Å². The second-order valence-electron chi connectivity index (χ2n) is 12.8. The molecule has 0 bridgehead atoms. The van der Waals surface area contributed by atoms with Crippen molar-refractivity contribution in [3.05, 3.63) is 59.4 Å². The Kier molecular flexibility index (Phi) is 11.4. The molecule has 0 aliphatic rings. The Morgan fingerprint density at radius 1 is 1.04 bits per heavy atom. The van der Waals surface area contributed by atoms with Crippen molar-refractivity contribution in [1.29, 1.82) is 0 Å². The van der Waals surface area contributed by atoms with Crippen LogP contribution in [0, 0.1) is 11.8 Å². The summed E-state index contributed by atoms with van der Waals surface area (Å²) in [5.74, 6) is 0.257. The third-order valence-electron chi connectivity index (χ3n) is 7.24. The van der Waals surface area contributed by atoms with E-state index in [2.05, 4.69) is 10.1 Å².